The molecule has 27 heavy (non-hydrogen) atoms. The van der Waals surface area contributed by atoms with E-state index in [1.165, 1.54) is 30.0 Å². The van der Waals surface area contributed by atoms with Gasteiger partial charge in [0, 0.05) is 19.1 Å². The summed E-state index contributed by atoms with van der Waals surface area (Å²) in [5.74, 6) is -0.441. The van der Waals surface area contributed by atoms with Crippen LogP contribution in [0.4, 0.5) is 4.39 Å². The first-order valence-corrected chi connectivity index (χ1v) is 11.8. The molecule has 1 N–H and O–H groups in total. The van der Waals surface area contributed by atoms with Crippen LogP contribution in [-0.2, 0) is 14.8 Å². The number of carbonyl (C=O) groups is 1. The highest BCUT2D eigenvalue weighted by Gasteiger charge is 2.33. The van der Waals surface area contributed by atoms with Gasteiger partial charge in [0.15, 0.2) is 0 Å². The van der Waals surface area contributed by atoms with Crippen LogP contribution in [0.1, 0.15) is 19.3 Å². The molecule has 1 saturated heterocycles. The Balaban J connectivity index is 2.19. The maximum atomic E-state index is 14.0. The number of halogens is 1. The van der Waals surface area contributed by atoms with E-state index < -0.39 is 26.8 Å². The Morgan fingerprint density at radius 3 is 2.74 bits per heavy atom. The lowest BCUT2D eigenvalue weighted by molar-refractivity contribution is -0.135. The summed E-state index contributed by atoms with van der Waals surface area (Å²) in [6.07, 6.45) is 4.14. The molecule has 152 valence electrons. The zero-order chi connectivity index (χ0) is 20.0. The van der Waals surface area contributed by atoms with Crippen LogP contribution in [-0.4, -0.2) is 75.4 Å². The van der Waals surface area contributed by atoms with Crippen LogP contribution in [0.5, 0.6) is 0 Å². The number of hydrogen-bond donors (Lipinski definition) is 1. The van der Waals surface area contributed by atoms with E-state index in [1.807, 2.05) is 20.4 Å². The lowest BCUT2D eigenvalue weighted by atomic mass is 10.0. The molecule has 0 radical (unpaired) electrons. The van der Waals surface area contributed by atoms with Crippen LogP contribution in [0.2, 0.25) is 0 Å². The molecule has 2 unspecified atom stereocenters. The standard InChI is InChI=1S/C18H28FN3O3S2/c1-21(2)14-7-6-11-22(13-14)18(23)16(10-12-26-3)20-27(24,25)17-9-5-4-8-15(17)19/h4-5,8-9,14,16,20H,6-7,10-13H2,1-3H3. The van der Waals surface area contributed by atoms with Crippen LogP contribution < -0.4 is 4.72 Å². The van der Waals surface area contributed by atoms with E-state index in [4.69, 9.17) is 0 Å². The van der Waals surface area contributed by atoms with E-state index in [0.29, 0.717) is 25.3 Å². The minimum Gasteiger partial charge on any atom is -0.340 e. The van der Waals surface area contributed by atoms with Gasteiger partial charge in [0.25, 0.3) is 0 Å². The summed E-state index contributed by atoms with van der Waals surface area (Å²) in [6.45, 7) is 1.18. The summed E-state index contributed by atoms with van der Waals surface area (Å²) in [6, 6.07) is 4.55. The SMILES string of the molecule is CSCCC(NS(=O)(=O)c1ccccc1F)C(=O)N1CCCC(N(C)C)C1. The van der Waals surface area contributed by atoms with Crippen molar-refractivity contribution in [3.05, 3.63) is 30.1 Å². The van der Waals surface area contributed by atoms with Gasteiger partial charge < -0.3 is 9.80 Å². The minimum absolute atomic E-state index is 0.240. The highest BCUT2D eigenvalue weighted by Crippen LogP contribution is 2.18. The van der Waals surface area contributed by atoms with Crippen LogP contribution >= 0.6 is 11.8 Å². The van der Waals surface area contributed by atoms with Crippen LogP contribution in [0.15, 0.2) is 29.2 Å². The van der Waals surface area contributed by atoms with Crippen molar-refractivity contribution in [3.63, 3.8) is 0 Å². The molecule has 1 aromatic carbocycles. The molecule has 0 spiro atoms. The fourth-order valence-corrected chi connectivity index (χ4v) is 4.95. The van der Waals surface area contributed by atoms with E-state index in [2.05, 4.69) is 9.62 Å². The van der Waals surface area contributed by atoms with Crippen molar-refractivity contribution in [2.75, 3.05) is 39.2 Å². The Morgan fingerprint density at radius 2 is 2.11 bits per heavy atom. The maximum Gasteiger partial charge on any atom is 0.244 e. The first-order valence-electron chi connectivity index (χ1n) is 8.97. The first-order chi connectivity index (χ1) is 12.8. The van der Waals surface area contributed by atoms with E-state index in [0.717, 1.165) is 18.9 Å². The lowest BCUT2D eigenvalue weighted by Crippen LogP contribution is -2.54. The molecule has 1 fully saturated rings. The molecular formula is C18H28FN3O3S2. The van der Waals surface area contributed by atoms with Crippen molar-refractivity contribution >= 4 is 27.7 Å². The molecule has 2 rings (SSSR count). The number of nitrogens with one attached hydrogen (secondary N) is 1. The summed E-state index contributed by atoms with van der Waals surface area (Å²) in [5.41, 5.74) is 0. The van der Waals surface area contributed by atoms with Crippen molar-refractivity contribution in [1.82, 2.24) is 14.5 Å². The molecule has 1 heterocycles. The van der Waals surface area contributed by atoms with Crippen molar-refractivity contribution in [1.29, 1.82) is 0 Å². The molecular weight excluding hydrogens is 389 g/mol. The van der Waals surface area contributed by atoms with Gasteiger partial charge in [-0.2, -0.15) is 16.5 Å². The zero-order valence-corrected chi connectivity index (χ0v) is 17.7. The maximum absolute atomic E-state index is 14.0. The van der Waals surface area contributed by atoms with E-state index in [1.54, 1.807) is 4.90 Å². The van der Waals surface area contributed by atoms with E-state index >= 15 is 0 Å². The third kappa shape index (κ3) is 5.91. The molecule has 0 aromatic heterocycles. The third-order valence-corrected chi connectivity index (χ3v) is 6.92. The zero-order valence-electron chi connectivity index (χ0n) is 16.0. The van der Waals surface area contributed by atoms with Crippen LogP contribution in [0.3, 0.4) is 0 Å². The van der Waals surface area contributed by atoms with Gasteiger partial charge in [0.1, 0.15) is 16.8 Å². The van der Waals surface area contributed by atoms with Gasteiger partial charge in [0.2, 0.25) is 15.9 Å². The van der Waals surface area contributed by atoms with Gasteiger partial charge in [-0.05, 0) is 57.5 Å². The number of hydrogen-bond acceptors (Lipinski definition) is 5. The Morgan fingerprint density at radius 1 is 1.41 bits per heavy atom. The van der Waals surface area contributed by atoms with Crippen molar-refractivity contribution < 1.29 is 17.6 Å². The normalized spacial score (nSPS) is 19.3. The number of carbonyl (C=O) groups excluding carboxylic acids is 1. The lowest BCUT2D eigenvalue weighted by Gasteiger charge is -2.37. The van der Waals surface area contributed by atoms with Gasteiger partial charge in [-0.3, -0.25) is 4.79 Å². The number of benzene rings is 1. The Labute approximate surface area is 165 Å². The van der Waals surface area contributed by atoms with Gasteiger partial charge in [-0.25, -0.2) is 12.8 Å². The molecule has 1 aliphatic rings. The average Bonchev–Trinajstić information content (AvgIpc) is 2.64. The molecule has 9 heteroatoms. The predicted molar refractivity (Wildman–Crippen MR) is 107 cm³/mol. The van der Waals surface area contributed by atoms with Gasteiger partial charge in [-0.1, -0.05) is 12.1 Å². The largest absolute Gasteiger partial charge is 0.340 e. The quantitative estimate of drug-likeness (QED) is 0.698. The number of amides is 1. The molecule has 0 aliphatic carbocycles. The number of thioether (sulfide) groups is 1. The number of nitrogens with zero attached hydrogens (tertiary/aromatic N) is 2. The van der Waals surface area contributed by atoms with E-state index in [9.17, 15) is 17.6 Å². The third-order valence-electron chi connectivity index (χ3n) is 4.77. The topological polar surface area (TPSA) is 69.7 Å². The van der Waals surface area contributed by atoms with Crippen molar-refractivity contribution in [3.8, 4) is 0 Å². The second-order valence-electron chi connectivity index (χ2n) is 6.93. The Kier molecular flexibility index (Phi) is 8.08. The van der Waals surface area contributed by atoms with Crippen molar-refractivity contribution in [2.24, 2.45) is 0 Å². The number of likely N-dealkylation sites (N-methyl/N-ethyl adjacent to an activating group) is 1. The molecule has 2 atom stereocenters. The second-order valence-corrected chi connectivity index (χ2v) is 9.60. The molecule has 1 aliphatic heterocycles. The monoisotopic (exact) mass is 417 g/mol. The molecule has 0 saturated carbocycles. The smallest absolute Gasteiger partial charge is 0.244 e. The van der Waals surface area contributed by atoms with Crippen molar-refractivity contribution in [2.45, 2.75) is 36.2 Å². The number of likely N-dealkylation sites (tertiary alicyclic amines) is 1. The summed E-state index contributed by atoms with van der Waals surface area (Å²) < 4.78 is 41.7. The summed E-state index contributed by atoms with van der Waals surface area (Å²) in [5, 5.41) is 0. The number of piperidine rings is 1. The number of rotatable bonds is 8. The van der Waals surface area contributed by atoms with Crippen LogP contribution in [0.25, 0.3) is 0 Å². The fourth-order valence-electron chi connectivity index (χ4n) is 3.18. The number of sulfonamides is 1. The molecule has 0 bridgehead atoms. The summed E-state index contributed by atoms with van der Waals surface area (Å²) in [4.78, 5) is 16.4. The molecule has 1 amide bonds. The first kappa shape index (κ1) is 22.1. The Bertz CT molecular complexity index is 743. The fraction of sp³-hybridized carbons (Fsp3) is 0.611. The van der Waals surface area contributed by atoms with Gasteiger partial charge >= 0.3 is 0 Å². The van der Waals surface area contributed by atoms with Gasteiger partial charge in [-0.15, -0.1) is 0 Å². The second kappa shape index (κ2) is 9.86. The van der Waals surface area contributed by atoms with Crippen LogP contribution in [0, 0.1) is 5.82 Å². The highest BCUT2D eigenvalue weighted by atomic mass is 32.2. The molecule has 1 aromatic rings. The minimum atomic E-state index is -4.13. The highest BCUT2D eigenvalue weighted by molar-refractivity contribution is 7.98. The van der Waals surface area contributed by atoms with Gasteiger partial charge in [0.05, 0.1) is 0 Å². The predicted octanol–water partition coefficient (Wildman–Crippen LogP) is 1.78. The summed E-state index contributed by atoms with van der Waals surface area (Å²) in [7, 11) is -0.172. The summed E-state index contributed by atoms with van der Waals surface area (Å²) >= 11 is 1.54. The van der Waals surface area contributed by atoms with E-state index in [-0.39, 0.29) is 11.9 Å². The average molecular weight is 418 g/mol. The Hall–Kier alpha value is -1.16. The molecule has 6 nitrogen and oxygen atoms in total.